The lowest BCUT2D eigenvalue weighted by molar-refractivity contribution is -0.384. The number of benzene rings is 8. The molecule has 2 aliphatic rings. The molecule has 2 aliphatic heterocycles. The van der Waals surface area contributed by atoms with Gasteiger partial charge in [-0.15, -0.1) is 0 Å². The third kappa shape index (κ3) is 48.0. The summed E-state index contributed by atoms with van der Waals surface area (Å²) in [5.74, 6) is 2.73. The van der Waals surface area contributed by atoms with Crippen molar-refractivity contribution in [2.75, 3.05) is 170 Å². The molecule has 111 heavy (non-hydrogen) atoms. The van der Waals surface area contributed by atoms with Crippen molar-refractivity contribution in [3.63, 3.8) is 0 Å². The van der Waals surface area contributed by atoms with Gasteiger partial charge in [-0.05, 0) is 207 Å². The Morgan fingerprint density at radius 3 is 1.17 bits per heavy atom. The zero-order valence-electron chi connectivity index (χ0n) is 67.9. The summed E-state index contributed by atoms with van der Waals surface area (Å²) in [5.41, 5.74) is 11.7. The molecule has 8 aromatic rings. The number of amides is 3. The lowest BCUT2D eigenvalue weighted by atomic mass is 10.2. The molecule has 10 rings (SSSR count). The number of nitrogens with one attached hydrogen (secondary N) is 3. The van der Waals surface area contributed by atoms with E-state index in [1.807, 2.05) is 196 Å². The number of non-ortho nitro benzene ring substituents is 1. The van der Waals surface area contributed by atoms with Crippen LogP contribution in [0.2, 0.25) is 0 Å². The summed E-state index contributed by atoms with van der Waals surface area (Å²) in [7, 11) is 11.0. The van der Waals surface area contributed by atoms with Gasteiger partial charge >= 0.3 is 11.9 Å². The monoisotopic (exact) mass is 1530 g/mol. The molecule has 0 spiro atoms. The average Bonchev–Trinajstić information content (AvgIpc) is 0.871. The molecule has 2 saturated heterocycles. The highest BCUT2D eigenvalue weighted by molar-refractivity contribution is 5.93. The van der Waals surface area contributed by atoms with Gasteiger partial charge in [-0.25, -0.2) is 0 Å². The predicted molar refractivity (Wildman–Crippen MR) is 441 cm³/mol. The summed E-state index contributed by atoms with van der Waals surface area (Å²) in [6, 6.07) is 58.9. The van der Waals surface area contributed by atoms with Gasteiger partial charge < -0.3 is 68.4 Å². The third-order valence-corrected chi connectivity index (χ3v) is 15.3. The standard InChI is InChI=1S/C14H20N2O2.C13H19NO2.C11H16N2O.C11H17NO.C11H12O4.C10H13NO2.C10H14O2.C7H7NO2/c1-12-3-2-4-13(11-12)15-14(17)5-6-16-7-9-18-10-8-16;1-12-3-2-4-13(11-12)16-10-7-14-5-8-15-9-6-14;1-9-5-4-6-10(7-9)12-11(14)8-13(2)3;1-10-5-4-6-11(9-10)13-8-7-12(2)3;1-7-4-10(14-8(2)12)6-11(5-7)15-9(3)13;1-8-4-3-5-9(6-8)11-10(12)7-13-2;1-9-4-3-5-10(8-9)12-7-6-11-2;1-6-2-4-7(5-3-6)8(9)10/h2-4,11H,5-10H2,1H3,(H,15,17);2-4,11H,5-10H2,1H3;4-7H,8H2,1-3H3,(H,12,14);4-6,9H,7-8H2,1-3H3;4-6H,1-3H3;3-6H,7H2,1-2H3,(H,11,12);3-5,8H,6-7H2,1-2H3;2-5H,1H3. The smallest absolute Gasteiger partial charge is 0.308 e. The van der Waals surface area contributed by atoms with Gasteiger partial charge in [0.25, 0.3) is 5.69 Å². The van der Waals surface area contributed by atoms with Crippen molar-refractivity contribution >= 4 is 52.4 Å². The minimum atomic E-state index is -0.408. The Balaban J connectivity index is 0.000000330. The van der Waals surface area contributed by atoms with E-state index in [1.165, 1.54) is 55.8 Å². The molecule has 0 bridgehead atoms. The molecule has 24 nitrogen and oxygen atoms in total. The topological polar surface area (TPSA) is 261 Å². The van der Waals surface area contributed by atoms with Crippen LogP contribution in [-0.4, -0.2) is 208 Å². The first kappa shape index (κ1) is 94.8. The molecule has 0 saturated carbocycles. The number of ether oxygens (including phenoxy) is 9. The fourth-order valence-electron chi connectivity index (χ4n) is 9.94. The van der Waals surface area contributed by atoms with Crippen LogP contribution < -0.4 is 39.6 Å². The molecule has 0 atom stereocenters. The highest BCUT2D eigenvalue weighted by Crippen LogP contribution is 2.23. The van der Waals surface area contributed by atoms with E-state index in [4.69, 9.17) is 42.6 Å². The normalized spacial score (nSPS) is 12.0. The van der Waals surface area contributed by atoms with E-state index in [0.29, 0.717) is 37.7 Å². The molecule has 0 radical (unpaired) electrons. The van der Waals surface area contributed by atoms with Gasteiger partial charge in [-0.1, -0.05) is 90.5 Å². The Morgan fingerprint density at radius 2 is 0.793 bits per heavy atom. The minimum Gasteiger partial charge on any atom is -0.492 e. The van der Waals surface area contributed by atoms with E-state index in [-0.39, 0.29) is 30.0 Å². The number of carbonyl (C=O) groups excluding carboxylic acids is 5. The second-order valence-corrected chi connectivity index (χ2v) is 26.6. The van der Waals surface area contributed by atoms with Crippen LogP contribution in [0, 0.1) is 65.5 Å². The molecule has 8 aromatic carbocycles. The molecule has 2 fully saturated rings. The molecular formula is C87H118N8O16. The zero-order chi connectivity index (χ0) is 81.7. The molecule has 2 heterocycles. The van der Waals surface area contributed by atoms with Crippen LogP contribution in [0.1, 0.15) is 64.8 Å². The van der Waals surface area contributed by atoms with Crippen LogP contribution >= 0.6 is 0 Å². The number of methoxy groups -OCH3 is 2. The summed E-state index contributed by atoms with van der Waals surface area (Å²) >= 11 is 0. The molecule has 602 valence electrons. The summed E-state index contributed by atoms with van der Waals surface area (Å²) in [6.07, 6.45) is 0.536. The van der Waals surface area contributed by atoms with Gasteiger partial charge in [0.2, 0.25) is 17.7 Å². The van der Waals surface area contributed by atoms with Crippen molar-refractivity contribution in [3.8, 4) is 28.7 Å². The number of nitrogens with zero attached hydrogens (tertiary/aromatic N) is 5. The Morgan fingerprint density at radius 1 is 0.414 bits per heavy atom. The van der Waals surface area contributed by atoms with E-state index >= 15 is 0 Å². The lowest BCUT2D eigenvalue weighted by Crippen LogP contribution is -2.38. The quantitative estimate of drug-likeness (QED) is 0.0158. The number of anilines is 3. The van der Waals surface area contributed by atoms with Gasteiger partial charge in [0.15, 0.2) is 0 Å². The van der Waals surface area contributed by atoms with Gasteiger partial charge in [0.1, 0.15) is 55.2 Å². The first-order valence-corrected chi connectivity index (χ1v) is 36.8. The van der Waals surface area contributed by atoms with Gasteiger partial charge in [0.05, 0.1) is 44.5 Å². The number of hydrogen-bond donors (Lipinski definition) is 3. The summed E-state index contributed by atoms with van der Waals surface area (Å²) in [5, 5.41) is 18.6. The Bertz CT molecular complexity index is 3960. The SMILES string of the molecule is CC(=O)Oc1cc(C)cc(OC(C)=O)c1.COCC(=O)Nc1cccc(C)c1.COCCOc1cccc(C)c1.Cc1ccc([N+](=O)[O-])cc1.Cc1cccc(NC(=O)CCN2CCOCC2)c1.Cc1cccc(NC(=O)CN(C)C)c1.Cc1cccc(OCCN(C)C)c1.Cc1cccc(OCCN2CCOCC2)c1. The first-order chi connectivity index (χ1) is 53.1. The summed E-state index contributed by atoms with van der Waals surface area (Å²) in [4.78, 5) is 74.0. The summed E-state index contributed by atoms with van der Waals surface area (Å²) in [6.45, 7) is 31.7. The second-order valence-electron chi connectivity index (χ2n) is 26.6. The van der Waals surface area contributed by atoms with Gasteiger partial charge in [0, 0.05) is 116 Å². The summed E-state index contributed by atoms with van der Waals surface area (Å²) < 4.78 is 46.6. The van der Waals surface area contributed by atoms with Crippen LogP contribution in [0.3, 0.4) is 0 Å². The number of morpholine rings is 2. The molecule has 24 heteroatoms. The molecule has 0 unspecified atom stereocenters. The third-order valence-electron chi connectivity index (χ3n) is 15.3. The van der Waals surface area contributed by atoms with Crippen molar-refractivity contribution in [2.24, 2.45) is 0 Å². The van der Waals surface area contributed by atoms with Crippen molar-refractivity contribution in [3.05, 3.63) is 243 Å². The van der Waals surface area contributed by atoms with Crippen molar-refractivity contribution < 1.29 is 71.5 Å². The number of rotatable bonds is 25. The maximum atomic E-state index is 11.8. The molecular weight excluding hydrogens is 1410 g/mol. The lowest BCUT2D eigenvalue weighted by Gasteiger charge is -2.26. The van der Waals surface area contributed by atoms with E-state index in [9.17, 15) is 34.1 Å². The molecule has 3 N–H and O–H groups in total. The maximum absolute atomic E-state index is 11.8. The van der Waals surface area contributed by atoms with Crippen LogP contribution in [0.25, 0.3) is 0 Å². The zero-order valence-corrected chi connectivity index (χ0v) is 67.9. The minimum absolute atomic E-state index is 0.0144. The second kappa shape index (κ2) is 55.9. The fraction of sp³-hybridized carbons (Fsp3) is 0.391. The largest absolute Gasteiger partial charge is 0.492 e. The fourth-order valence-corrected chi connectivity index (χ4v) is 9.94. The number of esters is 2. The number of nitro groups is 1. The van der Waals surface area contributed by atoms with Crippen LogP contribution in [0.15, 0.2) is 188 Å². The molecule has 3 amide bonds. The number of likely N-dealkylation sites (N-methyl/N-ethyl adjacent to an activating group) is 2. The Hall–Kier alpha value is -10.4. The average molecular weight is 1530 g/mol. The van der Waals surface area contributed by atoms with Crippen molar-refractivity contribution in [1.29, 1.82) is 0 Å². The number of nitro benzene ring substituents is 1. The van der Waals surface area contributed by atoms with E-state index in [2.05, 4.69) is 68.8 Å². The van der Waals surface area contributed by atoms with E-state index in [1.54, 1.807) is 31.4 Å². The highest BCUT2D eigenvalue weighted by Gasteiger charge is 2.14. The molecule has 0 aromatic heterocycles. The number of carbonyl (C=O) groups is 5. The van der Waals surface area contributed by atoms with Crippen LogP contribution in [0.5, 0.6) is 28.7 Å². The van der Waals surface area contributed by atoms with Crippen molar-refractivity contribution in [2.45, 2.75) is 75.7 Å². The number of hydrogen-bond acceptors (Lipinski definition) is 20. The highest BCUT2D eigenvalue weighted by atomic mass is 16.6. The van der Waals surface area contributed by atoms with Crippen LogP contribution in [-0.2, 0) is 42.9 Å². The predicted octanol–water partition coefficient (Wildman–Crippen LogP) is 14.1. The van der Waals surface area contributed by atoms with Crippen LogP contribution in [0.4, 0.5) is 22.7 Å². The van der Waals surface area contributed by atoms with Crippen molar-refractivity contribution in [1.82, 2.24) is 19.6 Å². The van der Waals surface area contributed by atoms with E-state index < -0.39 is 16.9 Å². The van der Waals surface area contributed by atoms with Gasteiger partial charge in [-0.3, -0.25) is 43.9 Å². The Kier molecular flexibility index (Phi) is 47.7. The molecule has 0 aliphatic carbocycles. The number of aryl methyl sites for hydroxylation is 8. The maximum Gasteiger partial charge on any atom is 0.308 e. The van der Waals surface area contributed by atoms with E-state index in [0.717, 1.165) is 148 Å². The first-order valence-electron chi connectivity index (χ1n) is 36.8. The Labute approximate surface area is 657 Å². The van der Waals surface area contributed by atoms with Gasteiger partial charge in [-0.2, -0.15) is 0 Å².